The van der Waals surface area contributed by atoms with E-state index in [1.165, 1.54) is 22.4 Å². The number of hydrogen-bond acceptors (Lipinski definition) is 2. The molecule has 3 heteroatoms. The highest BCUT2D eigenvalue weighted by Crippen LogP contribution is 2.19. The normalized spacial score (nSPS) is 11.1. The van der Waals surface area contributed by atoms with Crippen molar-refractivity contribution in [2.45, 2.75) is 41.2 Å². The van der Waals surface area contributed by atoms with Crippen LogP contribution in [0.25, 0.3) is 0 Å². The molecule has 16 heavy (non-hydrogen) atoms. The zero-order valence-corrected chi connectivity index (χ0v) is 10.6. The van der Waals surface area contributed by atoms with Gasteiger partial charge in [-0.3, -0.25) is 0 Å². The van der Waals surface area contributed by atoms with Crippen LogP contribution in [0.4, 0.5) is 0 Å². The van der Waals surface area contributed by atoms with E-state index >= 15 is 0 Å². The zero-order valence-electron chi connectivity index (χ0n) is 10.6. The van der Waals surface area contributed by atoms with Gasteiger partial charge in [0.15, 0.2) is 0 Å². The molecular weight excluding hydrogens is 200 g/mol. The van der Waals surface area contributed by atoms with E-state index in [-0.39, 0.29) is 0 Å². The van der Waals surface area contributed by atoms with Gasteiger partial charge in [0.2, 0.25) is 0 Å². The molecule has 0 fully saturated rings. The lowest BCUT2D eigenvalue weighted by atomic mass is 10.2. The summed E-state index contributed by atoms with van der Waals surface area (Å²) in [5.74, 6) is 0.918. The molecule has 2 rings (SSSR count). The van der Waals surface area contributed by atoms with Gasteiger partial charge in [0.25, 0.3) is 0 Å². The van der Waals surface area contributed by atoms with Gasteiger partial charge in [0.1, 0.15) is 5.76 Å². The highest BCUT2D eigenvalue weighted by atomic mass is 16.5. The first-order valence-corrected chi connectivity index (χ1v) is 5.55. The number of aromatic nitrogens is 2. The van der Waals surface area contributed by atoms with Crippen molar-refractivity contribution in [3.63, 3.8) is 0 Å². The maximum Gasteiger partial charge on any atom is 0.138 e. The number of rotatable bonds is 2. The molecule has 0 radical (unpaired) electrons. The van der Waals surface area contributed by atoms with Crippen molar-refractivity contribution in [3.8, 4) is 0 Å². The maximum atomic E-state index is 5.18. The molecule has 0 saturated carbocycles. The van der Waals surface area contributed by atoms with Gasteiger partial charge in [-0.05, 0) is 45.7 Å². The van der Waals surface area contributed by atoms with Crippen LogP contribution in [0.5, 0.6) is 0 Å². The van der Waals surface area contributed by atoms with Crippen LogP contribution < -0.4 is 0 Å². The monoisotopic (exact) mass is 218 g/mol. The van der Waals surface area contributed by atoms with Crippen LogP contribution in [0.3, 0.4) is 0 Å². The Morgan fingerprint density at radius 2 is 1.88 bits per heavy atom. The Morgan fingerprint density at radius 1 is 1.19 bits per heavy atom. The predicted octanol–water partition coefficient (Wildman–Crippen LogP) is 3.07. The van der Waals surface area contributed by atoms with E-state index in [4.69, 9.17) is 4.52 Å². The summed E-state index contributed by atoms with van der Waals surface area (Å²) < 4.78 is 7.44. The molecular formula is C13H18N2O. The minimum atomic E-state index is 0.849. The highest BCUT2D eigenvalue weighted by molar-refractivity contribution is 5.31. The van der Waals surface area contributed by atoms with Gasteiger partial charge in [-0.1, -0.05) is 5.16 Å². The largest absolute Gasteiger partial charge is 0.361 e. The fourth-order valence-corrected chi connectivity index (χ4v) is 1.99. The molecule has 0 unspecified atom stereocenters. The smallest absolute Gasteiger partial charge is 0.138 e. The average molecular weight is 218 g/mol. The van der Waals surface area contributed by atoms with Crippen LogP contribution in [-0.4, -0.2) is 9.72 Å². The fraction of sp³-hybridized carbons (Fsp3) is 0.462. The minimum Gasteiger partial charge on any atom is -0.361 e. The highest BCUT2D eigenvalue weighted by Gasteiger charge is 2.12. The van der Waals surface area contributed by atoms with Gasteiger partial charge < -0.3 is 9.09 Å². The topological polar surface area (TPSA) is 31.0 Å². The Balaban J connectivity index is 2.38. The molecule has 0 aliphatic heterocycles. The molecule has 0 atom stereocenters. The van der Waals surface area contributed by atoms with Gasteiger partial charge in [-0.2, -0.15) is 0 Å². The second kappa shape index (κ2) is 3.81. The van der Waals surface area contributed by atoms with Crippen LogP contribution in [0.2, 0.25) is 0 Å². The summed E-state index contributed by atoms with van der Waals surface area (Å²) in [7, 11) is 0. The van der Waals surface area contributed by atoms with Crippen LogP contribution in [0, 0.1) is 34.6 Å². The standard InChI is InChI=1S/C13H18N2O/c1-8-6-15(11(4)9(8)2)7-13-10(3)14-16-12(13)5/h6H,7H2,1-5H3. The Labute approximate surface area is 96.1 Å². The molecule has 2 heterocycles. The van der Waals surface area contributed by atoms with Crippen LogP contribution in [-0.2, 0) is 6.54 Å². The molecule has 0 spiro atoms. The molecule has 2 aromatic rings. The van der Waals surface area contributed by atoms with E-state index in [1.54, 1.807) is 0 Å². The molecule has 0 bridgehead atoms. The van der Waals surface area contributed by atoms with E-state index in [2.05, 4.69) is 36.7 Å². The summed E-state index contributed by atoms with van der Waals surface area (Å²) in [6.07, 6.45) is 2.19. The number of aryl methyl sites for hydroxylation is 3. The molecule has 0 amide bonds. The van der Waals surface area contributed by atoms with E-state index in [0.29, 0.717) is 0 Å². The number of nitrogens with zero attached hydrogens (tertiary/aromatic N) is 2. The van der Waals surface area contributed by atoms with Crippen molar-refractivity contribution < 1.29 is 4.52 Å². The molecule has 0 aliphatic carbocycles. The van der Waals surface area contributed by atoms with E-state index in [0.717, 1.165) is 18.0 Å². The van der Waals surface area contributed by atoms with Crippen LogP contribution in [0.1, 0.15) is 33.8 Å². The Kier molecular flexibility index (Phi) is 2.62. The third kappa shape index (κ3) is 1.66. The van der Waals surface area contributed by atoms with Gasteiger partial charge in [0, 0.05) is 17.5 Å². The van der Waals surface area contributed by atoms with E-state index < -0.39 is 0 Å². The lowest BCUT2D eigenvalue weighted by molar-refractivity contribution is 0.392. The summed E-state index contributed by atoms with van der Waals surface area (Å²) in [6, 6.07) is 0. The SMILES string of the molecule is Cc1cn(Cc2c(C)noc2C)c(C)c1C. The van der Waals surface area contributed by atoms with Crippen molar-refractivity contribution >= 4 is 0 Å². The van der Waals surface area contributed by atoms with Crippen molar-refractivity contribution in [2.24, 2.45) is 0 Å². The minimum absolute atomic E-state index is 0.849. The first kappa shape index (κ1) is 11.0. The summed E-state index contributed by atoms with van der Waals surface area (Å²) in [4.78, 5) is 0. The molecule has 2 aromatic heterocycles. The van der Waals surface area contributed by atoms with Gasteiger partial charge in [-0.25, -0.2) is 0 Å². The summed E-state index contributed by atoms with van der Waals surface area (Å²) >= 11 is 0. The Bertz CT molecular complexity index is 501. The Morgan fingerprint density at radius 3 is 2.31 bits per heavy atom. The molecule has 3 nitrogen and oxygen atoms in total. The third-order valence-electron chi connectivity index (χ3n) is 3.42. The van der Waals surface area contributed by atoms with Crippen molar-refractivity contribution in [2.75, 3.05) is 0 Å². The second-order valence-corrected chi connectivity index (χ2v) is 4.45. The quantitative estimate of drug-likeness (QED) is 0.775. The Hall–Kier alpha value is -1.51. The van der Waals surface area contributed by atoms with Crippen molar-refractivity contribution in [1.82, 2.24) is 9.72 Å². The maximum absolute atomic E-state index is 5.18. The van der Waals surface area contributed by atoms with Crippen molar-refractivity contribution in [1.29, 1.82) is 0 Å². The van der Waals surface area contributed by atoms with Crippen LogP contribution >= 0.6 is 0 Å². The van der Waals surface area contributed by atoms with E-state index in [1.807, 2.05) is 13.8 Å². The average Bonchev–Trinajstić information content (AvgIpc) is 2.67. The molecule has 0 saturated heterocycles. The number of hydrogen-bond donors (Lipinski definition) is 0. The lowest BCUT2D eigenvalue weighted by Crippen LogP contribution is -2.02. The van der Waals surface area contributed by atoms with Crippen molar-refractivity contribution in [3.05, 3.63) is 40.0 Å². The van der Waals surface area contributed by atoms with E-state index in [9.17, 15) is 0 Å². The molecule has 0 aromatic carbocycles. The second-order valence-electron chi connectivity index (χ2n) is 4.45. The summed E-state index contributed by atoms with van der Waals surface area (Å²) in [5.41, 5.74) is 6.20. The third-order valence-corrected chi connectivity index (χ3v) is 3.42. The first-order chi connectivity index (χ1) is 7.50. The van der Waals surface area contributed by atoms with Gasteiger partial charge >= 0.3 is 0 Å². The summed E-state index contributed by atoms with van der Waals surface area (Å²) in [5, 5.41) is 3.98. The summed E-state index contributed by atoms with van der Waals surface area (Å²) in [6.45, 7) is 11.3. The molecule has 86 valence electrons. The lowest BCUT2D eigenvalue weighted by Gasteiger charge is -2.05. The first-order valence-electron chi connectivity index (χ1n) is 5.55. The molecule has 0 N–H and O–H groups in total. The van der Waals surface area contributed by atoms with Gasteiger partial charge in [-0.15, -0.1) is 0 Å². The molecule has 0 aliphatic rings. The fourth-order valence-electron chi connectivity index (χ4n) is 1.99. The zero-order chi connectivity index (χ0) is 11.9. The van der Waals surface area contributed by atoms with Gasteiger partial charge in [0.05, 0.1) is 12.2 Å². The van der Waals surface area contributed by atoms with Crippen LogP contribution in [0.15, 0.2) is 10.7 Å². The predicted molar refractivity (Wildman–Crippen MR) is 63.7 cm³/mol.